The molecule has 0 radical (unpaired) electrons. The first-order chi connectivity index (χ1) is 9.42. The maximum Gasteiger partial charge on any atom is 0.0223 e. The van der Waals surface area contributed by atoms with Gasteiger partial charge in [0.1, 0.15) is 0 Å². The average molecular weight is 258 g/mol. The van der Waals surface area contributed by atoms with Gasteiger partial charge in [-0.25, -0.2) is 0 Å². The van der Waals surface area contributed by atoms with Crippen molar-refractivity contribution in [3.8, 4) is 0 Å². The molecule has 3 rings (SSSR count). The second-order valence-electron chi connectivity index (χ2n) is 6.08. The van der Waals surface area contributed by atoms with Crippen molar-refractivity contribution < 1.29 is 0 Å². The third-order valence-electron chi connectivity index (χ3n) is 4.67. The fraction of sp³-hybridized carbons (Fsp3) is 0.647. The summed E-state index contributed by atoms with van der Waals surface area (Å²) in [5.41, 5.74) is 1.49. The van der Waals surface area contributed by atoms with E-state index < -0.39 is 0 Å². The lowest BCUT2D eigenvalue weighted by atomic mass is 10.1. The minimum atomic E-state index is 0.860. The molecule has 1 aromatic carbocycles. The first kappa shape index (κ1) is 13.1. The number of rotatable bonds is 4. The van der Waals surface area contributed by atoms with E-state index in [0.29, 0.717) is 0 Å². The molecule has 0 spiro atoms. The number of benzene rings is 1. The molecule has 0 N–H and O–H groups in total. The number of fused-ring (bicyclic) bond motifs is 1. The van der Waals surface area contributed by atoms with Crippen LogP contribution in [0, 0.1) is 0 Å². The lowest BCUT2D eigenvalue weighted by molar-refractivity contribution is 0.219. The SMILES string of the molecule is c1ccc(CCCN2CCCN3CCC[C@@H]3C2)cc1. The van der Waals surface area contributed by atoms with E-state index in [1.165, 1.54) is 70.4 Å². The lowest BCUT2D eigenvalue weighted by Gasteiger charge is -2.25. The van der Waals surface area contributed by atoms with Crippen molar-refractivity contribution in [2.24, 2.45) is 0 Å². The van der Waals surface area contributed by atoms with Crippen LogP contribution in [0.2, 0.25) is 0 Å². The molecule has 2 aliphatic heterocycles. The van der Waals surface area contributed by atoms with Crippen LogP contribution < -0.4 is 0 Å². The highest BCUT2D eigenvalue weighted by molar-refractivity contribution is 5.14. The largest absolute Gasteiger partial charge is 0.302 e. The zero-order valence-corrected chi connectivity index (χ0v) is 11.9. The van der Waals surface area contributed by atoms with Gasteiger partial charge in [-0.3, -0.25) is 4.90 Å². The van der Waals surface area contributed by atoms with E-state index in [0.717, 1.165) is 6.04 Å². The highest BCUT2D eigenvalue weighted by Gasteiger charge is 2.28. The zero-order valence-electron chi connectivity index (χ0n) is 11.9. The molecule has 19 heavy (non-hydrogen) atoms. The molecule has 2 aliphatic rings. The van der Waals surface area contributed by atoms with Gasteiger partial charge in [0.2, 0.25) is 0 Å². The molecule has 0 saturated carbocycles. The van der Waals surface area contributed by atoms with Crippen molar-refractivity contribution in [3.63, 3.8) is 0 Å². The van der Waals surface area contributed by atoms with E-state index in [1.807, 2.05) is 0 Å². The molecule has 2 heterocycles. The standard InChI is InChI=1S/C17H26N2/c1-2-7-16(8-3-1)9-4-11-18-12-6-14-19-13-5-10-17(19)15-18/h1-3,7-8,17H,4-6,9-15H2/t17-/m1/s1. The van der Waals surface area contributed by atoms with Crippen LogP contribution in [0.3, 0.4) is 0 Å². The van der Waals surface area contributed by atoms with E-state index in [9.17, 15) is 0 Å². The van der Waals surface area contributed by atoms with Crippen LogP contribution in [0.15, 0.2) is 30.3 Å². The van der Waals surface area contributed by atoms with Gasteiger partial charge in [0.25, 0.3) is 0 Å². The third kappa shape index (κ3) is 3.58. The lowest BCUT2D eigenvalue weighted by Crippen LogP contribution is -2.37. The van der Waals surface area contributed by atoms with Crippen LogP contribution in [0.1, 0.15) is 31.2 Å². The van der Waals surface area contributed by atoms with Crippen LogP contribution >= 0.6 is 0 Å². The minimum Gasteiger partial charge on any atom is -0.302 e. The molecule has 2 saturated heterocycles. The quantitative estimate of drug-likeness (QED) is 0.819. The Morgan fingerprint density at radius 1 is 1.00 bits per heavy atom. The van der Waals surface area contributed by atoms with E-state index >= 15 is 0 Å². The number of nitrogens with zero attached hydrogens (tertiary/aromatic N) is 2. The summed E-state index contributed by atoms with van der Waals surface area (Å²) in [6.45, 7) is 6.58. The summed E-state index contributed by atoms with van der Waals surface area (Å²) in [5, 5.41) is 0. The van der Waals surface area contributed by atoms with Crippen molar-refractivity contribution in [1.29, 1.82) is 0 Å². The molecule has 0 bridgehead atoms. The summed E-state index contributed by atoms with van der Waals surface area (Å²) in [5.74, 6) is 0. The molecule has 0 unspecified atom stereocenters. The molecule has 2 heteroatoms. The Bertz CT molecular complexity index is 376. The molecule has 1 atom stereocenters. The van der Waals surface area contributed by atoms with E-state index in [4.69, 9.17) is 0 Å². The Labute approximate surface area is 117 Å². The molecule has 0 aliphatic carbocycles. The van der Waals surface area contributed by atoms with Crippen LogP contribution in [0.4, 0.5) is 0 Å². The van der Waals surface area contributed by atoms with E-state index in [-0.39, 0.29) is 0 Å². The van der Waals surface area contributed by atoms with Gasteiger partial charge in [0.15, 0.2) is 0 Å². The smallest absolute Gasteiger partial charge is 0.0223 e. The van der Waals surface area contributed by atoms with Crippen LogP contribution in [-0.4, -0.2) is 48.6 Å². The van der Waals surface area contributed by atoms with Gasteiger partial charge in [0, 0.05) is 12.6 Å². The van der Waals surface area contributed by atoms with Gasteiger partial charge in [-0.1, -0.05) is 30.3 Å². The van der Waals surface area contributed by atoms with E-state index in [2.05, 4.69) is 40.1 Å². The van der Waals surface area contributed by atoms with Gasteiger partial charge >= 0.3 is 0 Å². The van der Waals surface area contributed by atoms with Gasteiger partial charge in [0.05, 0.1) is 0 Å². The first-order valence-corrected chi connectivity index (χ1v) is 7.92. The van der Waals surface area contributed by atoms with Crippen molar-refractivity contribution >= 4 is 0 Å². The summed E-state index contributed by atoms with van der Waals surface area (Å²) >= 11 is 0. The fourth-order valence-electron chi connectivity index (χ4n) is 3.64. The zero-order chi connectivity index (χ0) is 12.9. The summed E-state index contributed by atoms with van der Waals surface area (Å²) in [4.78, 5) is 5.43. The summed E-state index contributed by atoms with van der Waals surface area (Å²) in [6.07, 6.45) is 6.74. The maximum atomic E-state index is 2.72. The van der Waals surface area contributed by atoms with Gasteiger partial charge in [-0.2, -0.15) is 0 Å². The molecule has 2 fully saturated rings. The van der Waals surface area contributed by atoms with Crippen molar-refractivity contribution in [2.45, 2.75) is 38.1 Å². The monoisotopic (exact) mass is 258 g/mol. The maximum absolute atomic E-state index is 2.72. The van der Waals surface area contributed by atoms with Gasteiger partial charge < -0.3 is 4.90 Å². The van der Waals surface area contributed by atoms with Crippen LogP contribution in [-0.2, 0) is 6.42 Å². The topological polar surface area (TPSA) is 6.48 Å². The molecule has 0 amide bonds. The molecule has 1 aromatic rings. The Balaban J connectivity index is 1.44. The number of hydrogen-bond donors (Lipinski definition) is 0. The van der Waals surface area contributed by atoms with Gasteiger partial charge in [-0.05, 0) is 63.8 Å². The normalized spacial score (nSPS) is 25.2. The minimum absolute atomic E-state index is 0.860. The molecule has 0 aromatic heterocycles. The Morgan fingerprint density at radius 2 is 1.84 bits per heavy atom. The molecular formula is C17H26N2. The molecule has 2 nitrogen and oxygen atoms in total. The van der Waals surface area contributed by atoms with E-state index in [1.54, 1.807) is 0 Å². The van der Waals surface area contributed by atoms with Crippen LogP contribution in [0.5, 0.6) is 0 Å². The summed E-state index contributed by atoms with van der Waals surface area (Å²) < 4.78 is 0. The van der Waals surface area contributed by atoms with Crippen molar-refractivity contribution in [2.75, 3.05) is 32.7 Å². The highest BCUT2D eigenvalue weighted by atomic mass is 15.3. The van der Waals surface area contributed by atoms with Gasteiger partial charge in [-0.15, -0.1) is 0 Å². The highest BCUT2D eigenvalue weighted by Crippen LogP contribution is 2.21. The number of aryl methyl sites for hydroxylation is 1. The average Bonchev–Trinajstić information content (AvgIpc) is 2.79. The summed E-state index contributed by atoms with van der Waals surface area (Å²) in [6, 6.07) is 11.8. The first-order valence-electron chi connectivity index (χ1n) is 7.92. The third-order valence-corrected chi connectivity index (χ3v) is 4.67. The summed E-state index contributed by atoms with van der Waals surface area (Å²) in [7, 11) is 0. The Morgan fingerprint density at radius 3 is 2.74 bits per heavy atom. The Kier molecular flexibility index (Phi) is 4.52. The van der Waals surface area contributed by atoms with Crippen molar-refractivity contribution in [1.82, 2.24) is 9.80 Å². The van der Waals surface area contributed by atoms with Crippen LogP contribution in [0.25, 0.3) is 0 Å². The number of hydrogen-bond acceptors (Lipinski definition) is 2. The Hall–Kier alpha value is -0.860. The second kappa shape index (κ2) is 6.53. The fourth-order valence-corrected chi connectivity index (χ4v) is 3.64. The predicted molar refractivity (Wildman–Crippen MR) is 80.4 cm³/mol. The predicted octanol–water partition coefficient (Wildman–Crippen LogP) is 2.79. The van der Waals surface area contributed by atoms with Crippen molar-refractivity contribution in [3.05, 3.63) is 35.9 Å². The molecular weight excluding hydrogens is 232 g/mol. The molecule has 104 valence electrons. The second-order valence-corrected chi connectivity index (χ2v) is 6.08.